The zero-order valence-corrected chi connectivity index (χ0v) is 13.2. The minimum atomic E-state index is -0.954. The quantitative estimate of drug-likeness (QED) is 0.640. The summed E-state index contributed by atoms with van der Waals surface area (Å²) in [4.78, 5) is 22.2. The van der Waals surface area contributed by atoms with Gasteiger partial charge in [0.25, 0.3) is 0 Å². The Morgan fingerprint density at radius 1 is 1.41 bits per heavy atom. The molecular weight excluding hydrogens is 284 g/mol. The summed E-state index contributed by atoms with van der Waals surface area (Å²) in [6.07, 6.45) is 3.42. The van der Waals surface area contributed by atoms with Gasteiger partial charge in [-0.05, 0) is 25.7 Å². The van der Waals surface area contributed by atoms with Crippen LogP contribution in [-0.2, 0) is 24.2 Å². The average Bonchev–Trinajstić information content (AvgIpc) is 2.82. The smallest absolute Gasteiger partial charge is 0.356 e. The van der Waals surface area contributed by atoms with E-state index in [1.54, 1.807) is 0 Å². The maximum atomic E-state index is 11.4. The first-order valence-corrected chi connectivity index (χ1v) is 7.82. The number of hydrogen-bond donors (Lipinski definition) is 3. The van der Waals surface area contributed by atoms with Crippen molar-refractivity contribution in [2.45, 2.75) is 52.1 Å². The molecule has 122 valence electrons. The molecule has 0 fully saturated rings. The molecule has 7 heteroatoms. The van der Waals surface area contributed by atoms with Gasteiger partial charge in [-0.3, -0.25) is 9.48 Å². The molecule has 7 nitrogen and oxygen atoms in total. The van der Waals surface area contributed by atoms with E-state index in [2.05, 4.69) is 22.7 Å². The van der Waals surface area contributed by atoms with Crippen LogP contribution in [0.1, 0.15) is 48.4 Å². The van der Waals surface area contributed by atoms with Gasteiger partial charge < -0.3 is 15.7 Å². The van der Waals surface area contributed by atoms with Gasteiger partial charge in [0.1, 0.15) is 0 Å². The number of carboxylic acid groups (broad SMARTS) is 1. The summed E-state index contributed by atoms with van der Waals surface area (Å²) in [5.74, 6) is -0.994. The van der Waals surface area contributed by atoms with E-state index in [0.717, 1.165) is 37.1 Å². The summed E-state index contributed by atoms with van der Waals surface area (Å²) in [5.41, 5.74) is 2.13. The maximum absolute atomic E-state index is 11.4. The monoisotopic (exact) mass is 308 g/mol. The van der Waals surface area contributed by atoms with Gasteiger partial charge in [-0.2, -0.15) is 5.10 Å². The number of hydrogen-bond acceptors (Lipinski definition) is 4. The van der Waals surface area contributed by atoms with Gasteiger partial charge >= 0.3 is 5.97 Å². The number of nitrogens with zero attached hydrogens (tertiary/aromatic N) is 2. The molecule has 1 amide bonds. The fraction of sp³-hybridized carbons (Fsp3) is 0.667. The van der Waals surface area contributed by atoms with E-state index in [-0.39, 0.29) is 17.6 Å². The van der Waals surface area contributed by atoms with Gasteiger partial charge in [-0.1, -0.05) is 6.92 Å². The summed E-state index contributed by atoms with van der Waals surface area (Å²) >= 11 is 0. The van der Waals surface area contributed by atoms with Gasteiger partial charge in [0.15, 0.2) is 5.69 Å². The normalized spacial score (nSPS) is 17.1. The molecule has 0 saturated heterocycles. The van der Waals surface area contributed by atoms with E-state index in [4.69, 9.17) is 0 Å². The molecule has 0 aromatic carbocycles. The third kappa shape index (κ3) is 3.85. The van der Waals surface area contributed by atoms with Gasteiger partial charge in [0.05, 0.1) is 0 Å². The molecule has 0 aliphatic heterocycles. The van der Waals surface area contributed by atoms with E-state index in [0.29, 0.717) is 19.5 Å². The lowest BCUT2D eigenvalue weighted by atomic mass is 9.91. The van der Waals surface area contributed by atoms with E-state index in [9.17, 15) is 14.7 Å². The second-order valence-electron chi connectivity index (χ2n) is 5.68. The molecule has 1 atom stereocenters. The highest BCUT2D eigenvalue weighted by Crippen LogP contribution is 2.25. The maximum Gasteiger partial charge on any atom is 0.356 e. The molecule has 22 heavy (non-hydrogen) atoms. The van der Waals surface area contributed by atoms with Crippen molar-refractivity contribution in [2.75, 3.05) is 13.1 Å². The summed E-state index contributed by atoms with van der Waals surface area (Å²) < 4.78 is 1.85. The second kappa shape index (κ2) is 7.40. The molecule has 0 unspecified atom stereocenters. The summed E-state index contributed by atoms with van der Waals surface area (Å²) in [7, 11) is 0. The van der Waals surface area contributed by atoms with E-state index < -0.39 is 5.97 Å². The van der Waals surface area contributed by atoms with Crippen LogP contribution >= 0.6 is 0 Å². The molecule has 1 heterocycles. The number of rotatable bonds is 7. The van der Waals surface area contributed by atoms with Crippen LogP contribution in [-0.4, -0.2) is 45.9 Å². The molecule has 2 rings (SSSR count). The van der Waals surface area contributed by atoms with Crippen molar-refractivity contribution in [3.8, 4) is 0 Å². The number of carbonyl (C=O) groups is 2. The van der Waals surface area contributed by atoms with Crippen LogP contribution in [0.5, 0.6) is 0 Å². The molecule has 1 aromatic rings. The van der Waals surface area contributed by atoms with Crippen molar-refractivity contribution < 1.29 is 14.7 Å². The van der Waals surface area contributed by atoms with Crippen molar-refractivity contribution in [1.82, 2.24) is 20.4 Å². The highest BCUT2D eigenvalue weighted by Gasteiger charge is 2.28. The number of amides is 1. The van der Waals surface area contributed by atoms with E-state index >= 15 is 0 Å². The van der Waals surface area contributed by atoms with Crippen molar-refractivity contribution in [2.24, 2.45) is 0 Å². The SMILES string of the molecule is CCCn1nc(C(=O)O)c2c1CC[C@H](NCCNC(C)=O)C2. The number of aromatic nitrogens is 2. The Morgan fingerprint density at radius 2 is 2.18 bits per heavy atom. The van der Waals surface area contributed by atoms with Gasteiger partial charge in [0.2, 0.25) is 5.91 Å². The predicted molar refractivity (Wildman–Crippen MR) is 82.0 cm³/mol. The minimum Gasteiger partial charge on any atom is -0.476 e. The van der Waals surface area contributed by atoms with Crippen LogP contribution in [0.4, 0.5) is 0 Å². The number of nitrogens with one attached hydrogen (secondary N) is 2. The second-order valence-corrected chi connectivity index (χ2v) is 5.68. The number of fused-ring (bicyclic) bond motifs is 1. The molecule has 0 bridgehead atoms. The van der Waals surface area contributed by atoms with E-state index in [1.807, 2.05) is 4.68 Å². The molecular formula is C15H24N4O3. The molecule has 0 spiro atoms. The Balaban J connectivity index is 2.02. The van der Waals surface area contributed by atoms with E-state index in [1.165, 1.54) is 6.92 Å². The number of carbonyl (C=O) groups excluding carboxylic acids is 1. The number of aromatic carboxylic acids is 1. The van der Waals surface area contributed by atoms with Crippen LogP contribution < -0.4 is 10.6 Å². The van der Waals surface area contributed by atoms with Crippen molar-refractivity contribution in [1.29, 1.82) is 0 Å². The Morgan fingerprint density at radius 3 is 2.82 bits per heavy atom. The Kier molecular flexibility index (Phi) is 5.54. The first-order valence-electron chi connectivity index (χ1n) is 7.82. The summed E-state index contributed by atoms with van der Waals surface area (Å²) in [5, 5.41) is 19.7. The fourth-order valence-corrected chi connectivity index (χ4v) is 2.95. The molecule has 3 N–H and O–H groups in total. The Bertz CT molecular complexity index is 553. The van der Waals surface area contributed by atoms with Gasteiger partial charge in [0, 0.05) is 43.9 Å². The van der Waals surface area contributed by atoms with Crippen LogP contribution in [0.15, 0.2) is 0 Å². The van der Waals surface area contributed by atoms with Crippen molar-refractivity contribution in [3.05, 3.63) is 17.0 Å². The zero-order valence-electron chi connectivity index (χ0n) is 13.2. The van der Waals surface area contributed by atoms with Crippen LogP contribution in [0.25, 0.3) is 0 Å². The Hall–Kier alpha value is -1.89. The van der Waals surface area contributed by atoms with Crippen LogP contribution in [0.2, 0.25) is 0 Å². The first kappa shape index (κ1) is 16.5. The molecule has 1 aliphatic rings. The van der Waals surface area contributed by atoms with Crippen molar-refractivity contribution in [3.63, 3.8) is 0 Å². The van der Waals surface area contributed by atoms with Gasteiger partial charge in [-0.15, -0.1) is 0 Å². The van der Waals surface area contributed by atoms with Crippen molar-refractivity contribution >= 4 is 11.9 Å². The molecule has 1 aromatic heterocycles. The number of carboxylic acids is 1. The molecule has 0 saturated carbocycles. The highest BCUT2D eigenvalue weighted by molar-refractivity contribution is 5.87. The lowest BCUT2D eigenvalue weighted by Crippen LogP contribution is -2.39. The number of aryl methyl sites for hydroxylation is 1. The first-order chi connectivity index (χ1) is 10.5. The minimum absolute atomic E-state index is 0.0401. The zero-order chi connectivity index (χ0) is 16.1. The summed E-state index contributed by atoms with van der Waals surface area (Å²) in [6.45, 7) is 5.58. The lowest BCUT2D eigenvalue weighted by Gasteiger charge is -2.24. The standard InChI is InChI=1S/C15H24N4O3/c1-3-8-19-13-5-4-11(17-7-6-16-10(2)20)9-12(13)14(18-19)15(21)22/h11,17H,3-9H2,1-2H3,(H,16,20)(H,21,22)/t11-/m0/s1. The van der Waals surface area contributed by atoms with Crippen LogP contribution in [0, 0.1) is 0 Å². The predicted octanol–water partition coefficient (Wildman–Crippen LogP) is 0.574. The largest absolute Gasteiger partial charge is 0.476 e. The molecule has 0 radical (unpaired) electrons. The summed E-state index contributed by atoms with van der Waals surface area (Å²) in [6, 6.07) is 0.235. The third-order valence-electron chi connectivity index (χ3n) is 3.92. The molecule has 1 aliphatic carbocycles. The van der Waals surface area contributed by atoms with Crippen LogP contribution in [0.3, 0.4) is 0 Å². The highest BCUT2D eigenvalue weighted by atomic mass is 16.4. The average molecular weight is 308 g/mol. The Labute approximate surface area is 130 Å². The van der Waals surface area contributed by atoms with Gasteiger partial charge in [-0.25, -0.2) is 4.79 Å². The topological polar surface area (TPSA) is 96.2 Å². The lowest BCUT2D eigenvalue weighted by molar-refractivity contribution is -0.118. The fourth-order valence-electron chi connectivity index (χ4n) is 2.95. The third-order valence-corrected chi connectivity index (χ3v) is 3.92.